The van der Waals surface area contributed by atoms with E-state index in [2.05, 4.69) is 0 Å². The van der Waals surface area contributed by atoms with Crippen molar-refractivity contribution in [3.05, 3.63) is 29.3 Å². The van der Waals surface area contributed by atoms with E-state index in [4.69, 9.17) is 10.8 Å². The van der Waals surface area contributed by atoms with Crippen LogP contribution >= 0.6 is 0 Å². The topological polar surface area (TPSA) is 83.6 Å². The van der Waals surface area contributed by atoms with Crippen LogP contribution in [0.2, 0.25) is 0 Å². The molecule has 0 heterocycles. The molecule has 4 N–H and O–H groups in total. The van der Waals surface area contributed by atoms with Gasteiger partial charge in [-0.3, -0.25) is 4.79 Å². The summed E-state index contributed by atoms with van der Waals surface area (Å²) in [5.74, 6) is -0.581. The standard InChI is InChI=1S/C12H17NO3/c1-7(2)9-5-8(3-4-11(9)14)6-10(13)12(15)16/h3-5,7,10,14H,6,13H2,1-2H3,(H,15,16)/t10-/m0/s1. The fraction of sp³-hybridized carbons (Fsp3) is 0.417. The van der Waals surface area contributed by atoms with E-state index in [0.717, 1.165) is 11.1 Å². The van der Waals surface area contributed by atoms with Crippen molar-refractivity contribution in [2.75, 3.05) is 0 Å². The lowest BCUT2D eigenvalue weighted by molar-refractivity contribution is -0.138. The van der Waals surface area contributed by atoms with Gasteiger partial charge in [-0.25, -0.2) is 0 Å². The van der Waals surface area contributed by atoms with Gasteiger partial charge >= 0.3 is 5.97 Å². The largest absolute Gasteiger partial charge is 0.508 e. The number of carboxylic acid groups (broad SMARTS) is 1. The minimum Gasteiger partial charge on any atom is -0.508 e. The van der Waals surface area contributed by atoms with Gasteiger partial charge < -0.3 is 15.9 Å². The maximum absolute atomic E-state index is 10.6. The minimum absolute atomic E-state index is 0.195. The number of aromatic hydroxyl groups is 1. The second-order valence-corrected chi connectivity index (χ2v) is 4.20. The Balaban J connectivity index is 2.91. The zero-order valence-corrected chi connectivity index (χ0v) is 9.47. The Bertz CT molecular complexity index is 388. The summed E-state index contributed by atoms with van der Waals surface area (Å²) in [7, 11) is 0. The van der Waals surface area contributed by atoms with Crippen molar-refractivity contribution >= 4 is 5.97 Å². The molecule has 0 fully saturated rings. The number of rotatable bonds is 4. The predicted octanol–water partition coefficient (Wildman–Crippen LogP) is 1.47. The molecule has 1 aromatic carbocycles. The first-order chi connectivity index (χ1) is 7.41. The maximum Gasteiger partial charge on any atom is 0.320 e. The zero-order chi connectivity index (χ0) is 12.3. The van der Waals surface area contributed by atoms with Gasteiger partial charge in [-0.1, -0.05) is 26.0 Å². The van der Waals surface area contributed by atoms with E-state index in [1.807, 2.05) is 19.9 Å². The Morgan fingerprint density at radius 3 is 2.56 bits per heavy atom. The third-order valence-corrected chi connectivity index (χ3v) is 2.49. The molecule has 0 saturated carbocycles. The van der Waals surface area contributed by atoms with Gasteiger partial charge in [0.15, 0.2) is 0 Å². The van der Waals surface area contributed by atoms with Gasteiger partial charge in [0.25, 0.3) is 0 Å². The lowest BCUT2D eigenvalue weighted by Crippen LogP contribution is -2.32. The van der Waals surface area contributed by atoms with Crippen molar-refractivity contribution in [3.63, 3.8) is 0 Å². The number of hydrogen-bond donors (Lipinski definition) is 3. The molecule has 0 amide bonds. The molecule has 0 spiro atoms. The van der Waals surface area contributed by atoms with E-state index in [1.54, 1.807) is 12.1 Å². The first kappa shape index (κ1) is 12.5. The summed E-state index contributed by atoms with van der Waals surface area (Å²) in [6, 6.07) is 4.19. The van der Waals surface area contributed by atoms with Crippen LogP contribution in [0, 0.1) is 0 Å². The molecule has 16 heavy (non-hydrogen) atoms. The van der Waals surface area contributed by atoms with Crippen LogP contribution in [0.15, 0.2) is 18.2 Å². The second kappa shape index (κ2) is 4.99. The summed E-state index contributed by atoms with van der Waals surface area (Å²) in [6.45, 7) is 3.94. The summed E-state index contributed by atoms with van der Waals surface area (Å²) in [4.78, 5) is 10.6. The van der Waals surface area contributed by atoms with E-state index in [1.165, 1.54) is 0 Å². The fourth-order valence-electron chi connectivity index (χ4n) is 1.53. The maximum atomic E-state index is 10.6. The molecular formula is C12H17NO3. The normalized spacial score (nSPS) is 12.8. The van der Waals surface area contributed by atoms with Gasteiger partial charge in [0.1, 0.15) is 11.8 Å². The highest BCUT2D eigenvalue weighted by atomic mass is 16.4. The molecule has 0 aromatic heterocycles. The van der Waals surface area contributed by atoms with E-state index in [0.29, 0.717) is 0 Å². The predicted molar refractivity (Wildman–Crippen MR) is 61.5 cm³/mol. The van der Waals surface area contributed by atoms with Crippen LogP contribution in [0.4, 0.5) is 0 Å². The second-order valence-electron chi connectivity index (χ2n) is 4.20. The SMILES string of the molecule is CC(C)c1cc(C[C@H](N)C(=O)O)ccc1O. The van der Waals surface area contributed by atoms with Gasteiger partial charge in [-0.05, 0) is 29.5 Å². The number of carboxylic acids is 1. The molecule has 0 bridgehead atoms. The Morgan fingerprint density at radius 2 is 2.06 bits per heavy atom. The van der Waals surface area contributed by atoms with Crippen LogP contribution < -0.4 is 5.73 Å². The van der Waals surface area contributed by atoms with Crippen molar-refractivity contribution in [1.29, 1.82) is 0 Å². The number of phenolic OH excluding ortho intramolecular Hbond substituents is 1. The highest BCUT2D eigenvalue weighted by Crippen LogP contribution is 2.26. The van der Waals surface area contributed by atoms with Crippen LogP contribution in [0.1, 0.15) is 30.9 Å². The first-order valence-corrected chi connectivity index (χ1v) is 5.22. The summed E-state index contributed by atoms with van der Waals surface area (Å²) in [5.41, 5.74) is 7.10. The molecule has 1 aromatic rings. The van der Waals surface area contributed by atoms with Crippen molar-refractivity contribution in [2.24, 2.45) is 5.73 Å². The molecule has 1 rings (SSSR count). The molecule has 0 radical (unpaired) electrons. The number of benzene rings is 1. The molecule has 0 aliphatic carbocycles. The smallest absolute Gasteiger partial charge is 0.320 e. The molecule has 0 aliphatic rings. The molecule has 0 saturated heterocycles. The minimum atomic E-state index is -1.01. The third-order valence-electron chi connectivity index (χ3n) is 2.49. The van der Waals surface area contributed by atoms with E-state index in [-0.39, 0.29) is 18.1 Å². The zero-order valence-electron chi connectivity index (χ0n) is 9.47. The van der Waals surface area contributed by atoms with Crippen LogP contribution in [0.3, 0.4) is 0 Å². The van der Waals surface area contributed by atoms with Crippen LogP contribution in [-0.4, -0.2) is 22.2 Å². The molecule has 0 aliphatic heterocycles. The molecule has 4 nitrogen and oxygen atoms in total. The van der Waals surface area contributed by atoms with Gasteiger partial charge in [0.2, 0.25) is 0 Å². The Morgan fingerprint density at radius 1 is 1.44 bits per heavy atom. The number of nitrogens with two attached hydrogens (primary N) is 1. The summed E-state index contributed by atoms with van der Waals surface area (Å²) >= 11 is 0. The van der Waals surface area contributed by atoms with Gasteiger partial charge in [-0.15, -0.1) is 0 Å². The quantitative estimate of drug-likeness (QED) is 0.721. The van der Waals surface area contributed by atoms with Crippen LogP contribution in [-0.2, 0) is 11.2 Å². The van der Waals surface area contributed by atoms with Gasteiger partial charge in [0.05, 0.1) is 0 Å². The molecule has 88 valence electrons. The Labute approximate surface area is 94.7 Å². The van der Waals surface area contributed by atoms with Crippen molar-refractivity contribution in [2.45, 2.75) is 32.2 Å². The summed E-state index contributed by atoms with van der Waals surface area (Å²) in [6.07, 6.45) is 0.273. The number of carbonyl (C=O) groups is 1. The number of aliphatic carboxylic acids is 1. The number of hydrogen-bond acceptors (Lipinski definition) is 3. The Hall–Kier alpha value is -1.55. The Kier molecular flexibility index (Phi) is 3.90. The highest BCUT2D eigenvalue weighted by molar-refractivity contribution is 5.73. The summed E-state index contributed by atoms with van der Waals surface area (Å²) in [5, 5.41) is 18.3. The lowest BCUT2D eigenvalue weighted by atomic mass is 9.97. The highest BCUT2D eigenvalue weighted by Gasteiger charge is 2.14. The monoisotopic (exact) mass is 223 g/mol. The third kappa shape index (κ3) is 2.97. The first-order valence-electron chi connectivity index (χ1n) is 5.22. The fourth-order valence-corrected chi connectivity index (χ4v) is 1.53. The van der Waals surface area contributed by atoms with Crippen LogP contribution in [0.5, 0.6) is 5.75 Å². The average molecular weight is 223 g/mol. The van der Waals surface area contributed by atoms with Crippen molar-refractivity contribution in [1.82, 2.24) is 0 Å². The average Bonchev–Trinajstić information content (AvgIpc) is 2.20. The molecule has 0 unspecified atom stereocenters. The van der Waals surface area contributed by atoms with E-state index in [9.17, 15) is 9.90 Å². The lowest BCUT2D eigenvalue weighted by Gasteiger charge is -2.12. The number of phenols is 1. The van der Waals surface area contributed by atoms with Gasteiger partial charge in [0, 0.05) is 0 Å². The van der Waals surface area contributed by atoms with Crippen molar-refractivity contribution in [3.8, 4) is 5.75 Å². The molecular weight excluding hydrogens is 206 g/mol. The summed E-state index contributed by atoms with van der Waals surface area (Å²) < 4.78 is 0. The van der Waals surface area contributed by atoms with E-state index < -0.39 is 12.0 Å². The molecule has 1 atom stereocenters. The van der Waals surface area contributed by atoms with Crippen molar-refractivity contribution < 1.29 is 15.0 Å². The van der Waals surface area contributed by atoms with Gasteiger partial charge in [-0.2, -0.15) is 0 Å². The molecule has 4 heteroatoms. The van der Waals surface area contributed by atoms with E-state index >= 15 is 0 Å². The van der Waals surface area contributed by atoms with Crippen LogP contribution in [0.25, 0.3) is 0 Å².